The fourth-order valence-corrected chi connectivity index (χ4v) is 4.18. The van der Waals surface area contributed by atoms with Crippen molar-refractivity contribution in [1.29, 1.82) is 0 Å². The van der Waals surface area contributed by atoms with Gasteiger partial charge in [0.1, 0.15) is 0 Å². The molecule has 0 bridgehead atoms. The summed E-state index contributed by atoms with van der Waals surface area (Å²) in [4.78, 5) is 16.0. The normalized spacial score (nSPS) is 25.6. The first-order valence-electron chi connectivity index (χ1n) is 7.17. The molecule has 2 nitrogen and oxygen atoms in total. The first-order chi connectivity index (χ1) is 8.84. The molecule has 1 amide bonds. The topological polar surface area (TPSA) is 20.3 Å². The Kier molecular flexibility index (Phi) is 3.69. The first kappa shape index (κ1) is 12.2. The van der Waals surface area contributed by atoms with Crippen molar-refractivity contribution >= 4 is 17.2 Å². The molecule has 2 heterocycles. The molecule has 1 aromatic rings. The van der Waals surface area contributed by atoms with E-state index >= 15 is 0 Å². The maximum absolute atomic E-state index is 12.4. The second kappa shape index (κ2) is 5.43. The number of thiophene rings is 1. The Balaban J connectivity index is 1.59. The largest absolute Gasteiger partial charge is 0.342 e. The average Bonchev–Trinajstić information content (AvgIpc) is 3.09. The van der Waals surface area contributed by atoms with Crippen molar-refractivity contribution in [2.45, 2.75) is 44.4 Å². The third kappa shape index (κ3) is 2.46. The van der Waals surface area contributed by atoms with Gasteiger partial charge in [0, 0.05) is 29.8 Å². The van der Waals surface area contributed by atoms with Crippen LogP contribution in [-0.2, 0) is 4.79 Å². The van der Waals surface area contributed by atoms with E-state index in [0.717, 1.165) is 32.4 Å². The Morgan fingerprint density at radius 1 is 1.22 bits per heavy atom. The van der Waals surface area contributed by atoms with E-state index in [9.17, 15) is 4.79 Å². The molecule has 3 rings (SSSR count). The molecule has 1 unspecified atom stereocenters. The van der Waals surface area contributed by atoms with E-state index in [1.807, 2.05) is 11.3 Å². The maximum atomic E-state index is 12.4. The van der Waals surface area contributed by atoms with Crippen LogP contribution >= 0.6 is 11.3 Å². The number of hydrogen-bond acceptors (Lipinski definition) is 2. The third-order valence-electron chi connectivity index (χ3n) is 4.40. The van der Waals surface area contributed by atoms with Crippen LogP contribution in [-0.4, -0.2) is 23.9 Å². The zero-order valence-corrected chi connectivity index (χ0v) is 11.6. The summed E-state index contributed by atoms with van der Waals surface area (Å²) in [6.07, 6.45) is 7.22. The van der Waals surface area contributed by atoms with E-state index in [1.165, 1.54) is 24.1 Å². The van der Waals surface area contributed by atoms with Crippen LogP contribution in [0.5, 0.6) is 0 Å². The molecule has 18 heavy (non-hydrogen) atoms. The van der Waals surface area contributed by atoms with Crippen molar-refractivity contribution in [1.82, 2.24) is 4.90 Å². The summed E-state index contributed by atoms with van der Waals surface area (Å²) in [6.45, 7) is 1.92. The van der Waals surface area contributed by atoms with E-state index < -0.39 is 0 Å². The van der Waals surface area contributed by atoms with E-state index in [0.29, 0.717) is 17.7 Å². The fraction of sp³-hybridized carbons (Fsp3) is 0.667. The van der Waals surface area contributed by atoms with Crippen LogP contribution in [0.2, 0.25) is 0 Å². The van der Waals surface area contributed by atoms with Crippen LogP contribution in [0.3, 0.4) is 0 Å². The highest BCUT2D eigenvalue weighted by atomic mass is 32.1. The third-order valence-corrected chi connectivity index (χ3v) is 5.43. The van der Waals surface area contributed by atoms with Gasteiger partial charge < -0.3 is 4.90 Å². The summed E-state index contributed by atoms with van der Waals surface area (Å²) in [5, 5.41) is 2.14. The van der Waals surface area contributed by atoms with Gasteiger partial charge in [-0.1, -0.05) is 25.3 Å². The molecule has 1 saturated carbocycles. The Morgan fingerprint density at radius 3 is 2.78 bits per heavy atom. The zero-order valence-electron chi connectivity index (χ0n) is 10.8. The van der Waals surface area contributed by atoms with Crippen molar-refractivity contribution in [3.05, 3.63) is 22.4 Å². The van der Waals surface area contributed by atoms with Crippen molar-refractivity contribution in [2.75, 3.05) is 13.1 Å². The van der Waals surface area contributed by atoms with Crippen molar-refractivity contribution < 1.29 is 4.79 Å². The summed E-state index contributed by atoms with van der Waals surface area (Å²) < 4.78 is 0. The number of carbonyl (C=O) groups excluding carboxylic acids is 1. The zero-order chi connectivity index (χ0) is 12.4. The SMILES string of the molecule is O=C(C1CCCCC1)N1CCC(c2cccs2)C1. The molecule has 2 aliphatic rings. The van der Waals surface area contributed by atoms with Gasteiger partial charge in [0.25, 0.3) is 0 Å². The number of rotatable bonds is 2. The van der Waals surface area contributed by atoms with Gasteiger partial charge in [-0.2, -0.15) is 0 Å². The lowest BCUT2D eigenvalue weighted by molar-refractivity contribution is -0.135. The minimum atomic E-state index is 0.334. The summed E-state index contributed by atoms with van der Waals surface area (Å²) in [5.41, 5.74) is 0. The number of carbonyl (C=O) groups is 1. The molecule has 0 spiro atoms. The lowest BCUT2D eigenvalue weighted by atomic mass is 9.88. The molecule has 1 aliphatic heterocycles. The highest BCUT2D eigenvalue weighted by molar-refractivity contribution is 7.10. The molecule has 1 atom stereocenters. The second-order valence-electron chi connectivity index (χ2n) is 5.62. The van der Waals surface area contributed by atoms with Gasteiger partial charge in [0.15, 0.2) is 0 Å². The Hall–Kier alpha value is -0.830. The summed E-state index contributed by atoms with van der Waals surface area (Å²) in [6, 6.07) is 4.33. The number of hydrogen-bond donors (Lipinski definition) is 0. The Morgan fingerprint density at radius 2 is 2.06 bits per heavy atom. The lowest BCUT2D eigenvalue weighted by Gasteiger charge is -2.26. The predicted octanol–water partition coefficient (Wildman–Crippen LogP) is 3.64. The predicted molar refractivity (Wildman–Crippen MR) is 74.8 cm³/mol. The van der Waals surface area contributed by atoms with E-state index in [2.05, 4.69) is 22.4 Å². The minimum Gasteiger partial charge on any atom is -0.342 e. The van der Waals surface area contributed by atoms with Crippen LogP contribution < -0.4 is 0 Å². The number of likely N-dealkylation sites (tertiary alicyclic amines) is 1. The van der Waals surface area contributed by atoms with Crippen molar-refractivity contribution in [3.63, 3.8) is 0 Å². The van der Waals surface area contributed by atoms with E-state index in [1.54, 1.807) is 0 Å². The van der Waals surface area contributed by atoms with Gasteiger partial charge in [-0.3, -0.25) is 4.79 Å². The molecule has 3 heteroatoms. The molecule has 0 aromatic carbocycles. The summed E-state index contributed by atoms with van der Waals surface area (Å²) >= 11 is 1.83. The molecule has 0 N–H and O–H groups in total. The average molecular weight is 263 g/mol. The summed E-state index contributed by atoms with van der Waals surface area (Å²) in [5.74, 6) is 1.37. The molecular formula is C15H21NOS. The van der Waals surface area contributed by atoms with Crippen molar-refractivity contribution in [3.8, 4) is 0 Å². The van der Waals surface area contributed by atoms with Crippen molar-refractivity contribution in [2.24, 2.45) is 5.92 Å². The van der Waals surface area contributed by atoms with Crippen LogP contribution in [0, 0.1) is 5.92 Å². The molecule has 1 aromatic heterocycles. The Bertz CT molecular complexity index is 395. The van der Waals surface area contributed by atoms with Gasteiger partial charge in [-0.05, 0) is 30.7 Å². The molecule has 1 aliphatic carbocycles. The second-order valence-corrected chi connectivity index (χ2v) is 6.60. The van der Waals surface area contributed by atoms with Gasteiger partial charge in [0.2, 0.25) is 5.91 Å². The highest BCUT2D eigenvalue weighted by Gasteiger charge is 2.32. The van der Waals surface area contributed by atoms with Crippen LogP contribution in [0.15, 0.2) is 17.5 Å². The fourth-order valence-electron chi connectivity index (χ4n) is 3.32. The number of amides is 1. The van der Waals surface area contributed by atoms with Gasteiger partial charge in [0.05, 0.1) is 0 Å². The van der Waals surface area contributed by atoms with Gasteiger partial charge in [-0.25, -0.2) is 0 Å². The number of nitrogens with zero attached hydrogens (tertiary/aromatic N) is 1. The first-order valence-corrected chi connectivity index (χ1v) is 8.05. The molecular weight excluding hydrogens is 242 g/mol. The molecule has 2 fully saturated rings. The van der Waals surface area contributed by atoms with Gasteiger partial charge in [-0.15, -0.1) is 11.3 Å². The molecule has 1 saturated heterocycles. The smallest absolute Gasteiger partial charge is 0.225 e. The van der Waals surface area contributed by atoms with E-state index in [4.69, 9.17) is 0 Å². The Labute approximate surface area is 113 Å². The van der Waals surface area contributed by atoms with Gasteiger partial charge >= 0.3 is 0 Å². The molecule has 98 valence electrons. The summed E-state index contributed by atoms with van der Waals surface area (Å²) in [7, 11) is 0. The minimum absolute atomic E-state index is 0.334. The van der Waals surface area contributed by atoms with E-state index in [-0.39, 0.29) is 0 Å². The standard InChI is InChI=1S/C15H21NOS/c17-15(12-5-2-1-3-6-12)16-9-8-13(11-16)14-7-4-10-18-14/h4,7,10,12-13H,1-3,5-6,8-9,11H2. The van der Waals surface area contributed by atoms with Crippen LogP contribution in [0.1, 0.15) is 49.3 Å². The molecule has 0 radical (unpaired) electrons. The lowest BCUT2D eigenvalue weighted by Crippen LogP contribution is -2.35. The maximum Gasteiger partial charge on any atom is 0.225 e. The van der Waals surface area contributed by atoms with Crippen LogP contribution in [0.4, 0.5) is 0 Å². The quantitative estimate of drug-likeness (QED) is 0.797. The highest BCUT2D eigenvalue weighted by Crippen LogP contribution is 2.33. The monoisotopic (exact) mass is 263 g/mol. The van der Waals surface area contributed by atoms with Crippen LogP contribution in [0.25, 0.3) is 0 Å².